The minimum Gasteiger partial charge on any atom is -0.403 e. The van der Waals surface area contributed by atoms with Crippen LogP contribution in [0.4, 0.5) is 0 Å². The highest BCUT2D eigenvalue weighted by Gasteiger charge is 2.59. The van der Waals surface area contributed by atoms with Crippen molar-refractivity contribution in [1.29, 1.82) is 0 Å². The molecule has 2 atom stereocenters. The van der Waals surface area contributed by atoms with E-state index in [1.54, 1.807) is 4.90 Å². The van der Waals surface area contributed by atoms with Gasteiger partial charge in [0.05, 0.1) is 6.04 Å². The molecule has 1 aromatic rings. The lowest BCUT2D eigenvalue weighted by atomic mass is 10.2. The van der Waals surface area contributed by atoms with Crippen molar-refractivity contribution in [2.24, 2.45) is 5.73 Å². The van der Waals surface area contributed by atoms with Crippen LogP contribution >= 0.6 is 0 Å². The lowest BCUT2D eigenvalue weighted by Gasteiger charge is -2.36. The van der Waals surface area contributed by atoms with E-state index < -0.39 is 30.0 Å². The van der Waals surface area contributed by atoms with Crippen LogP contribution in [0.5, 0.6) is 0 Å². The van der Waals surface area contributed by atoms with E-state index in [-0.39, 0.29) is 6.54 Å². The number of likely N-dealkylation sites (tertiary alicyclic amines) is 1. The molecule has 1 spiro atoms. The molecule has 1 saturated heterocycles. The van der Waals surface area contributed by atoms with Gasteiger partial charge >= 0.3 is 17.8 Å². The molecular weight excluding hydrogens is 288 g/mol. The van der Waals surface area contributed by atoms with Crippen LogP contribution in [0, 0.1) is 0 Å². The summed E-state index contributed by atoms with van der Waals surface area (Å²) in [7, 11) is 0. The van der Waals surface area contributed by atoms with Crippen molar-refractivity contribution in [2.75, 3.05) is 6.54 Å². The lowest BCUT2D eigenvalue weighted by Crippen LogP contribution is -2.57. The van der Waals surface area contributed by atoms with Crippen LogP contribution in [0.15, 0.2) is 42.5 Å². The summed E-state index contributed by atoms with van der Waals surface area (Å²) in [6, 6.07) is 8.65. The highest BCUT2D eigenvalue weighted by molar-refractivity contribution is 5.93. The predicted molar refractivity (Wildman–Crippen MR) is 74.9 cm³/mol. The normalized spacial score (nSPS) is 27.5. The van der Waals surface area contributed by atoms with Crippen LogP contribution in [0.25, 0.3) is 0 Å². The number of carbonyl (C=O) groups excluding carboxylic acids is 2. The standard InChI is InChI=1S/C15H16N2O5/c16-11-9-17(8-10-4-2-1-3-5-10)15(14(11)20)21-12(18)6-7-13(19)22-15/h1-7,11,14,20H,8-9,16H2. The first-order valence-electron chi connectivity index (χ1n) is 6.88. The third-order valence-corrected chi connectivity index (χ3v) is 3.72. The molecule has 2 aliphatic rings. The van der Waals surface area contributed by atoms with Crippen LogP contribution < -0.4 is 5.73 Å². The fourth-order valence-corrected chi connectivity index (χ4v) is 2.68. The molecule has 0 aliphatic carbocycles. The Bertz CT molecular complexity index is 596. The largest absolute Gasteiger partial charge is 0.403 e. The summed E-state index contributed by atoms with van der Waals surface area (Å²) in [6.07, 6.45) is 0.604. The molecule has 22 heavy (non-hydrogen) atoms. The number of benzene rings is 1. The number of hydrogen-bond acceptors (Lipinski definition) is 7. The van der Waals surface area contributed by atoms with Crippen LogP contribution in [0.2, 0.25) is 0 Å². The first-order chi connectivity index (χ1) is 10.5. The Morgan fingerprint density at radius 1 is 1.18 bits per heavy atom. The van der Waals surface area contributed by atoms with E-state index in [1.165, 1.54) is 0 Å². The average molecular weight is 304 g/mol. The molecule has 0 amide bonds. The highest BCUT2D eigenvalue weighted by Crippen LogP contribution is 2.34. The Hall–Kier alpha value is -2.22. The van der Waals surface area contributed by atoms with Crippen LogP contribution in [0.1, 0.15) is 5.56 Å². The van der Waals surface area contributed by atoms with Crippen molar-refractivity contribution in [2.45, 2.75) is 24.6 Å². The fraction of sp³-hybridized carbons (Fsp3) is 0.333. The molecule has 1 aromatic carbocycles. The second-order valence-corrected chi connectivity index (χ2v) is 5.28. The van der Waals surface area contributed by atoms with Crippen molar-refractivity contribution >= 4 is 11.9 Å². The van der Waals surface area contributed by atoms with Gasteiger partial charge in [0.1, 0.15) is 0 Å². The quantitative estimate of drug-likeness (QED) is 0.710. The highest BCUT2D eigenvalue weighted by atomic mass is 16.8. The van der Waals surface area contributed by atoms with E-state index in [1.807, 2.05) is 30.3 Å². The van der Waals surface area contributed by atoms with Crippen LogP contribution in [-0.2, 0) is 25.6 Å². The molecule has 116 valence electrons. The van der Waals surface area contributed by atoms with Crippen LogP contribution in [0.3, 0.4) is 0 Å². The van der Waals surface area contributed by atoms with Gasteiger partial charge < -0.3 is 20.3 Å². The molecule has 1 fully saturated rings. The first kappa shape index (κ1) is 14.7. The molecule has 0 aromatic heterocycles. The molecule has 3 N–H and O–H groups in total. The van der Waals surface area contributed by atoms with E-state index >= 15 is 0 Å². The molecule has 2 aliphatic heterocycles. The molecule has 2 unspecified atom stereocenters. The molecule has 7 heteroatoms. The maximum Gasteiger partial charge on any atom is 0.349 e. The third kappa shape index (κ3) is 2.50. The summed E-state index contributed by atoms with van der Waals surface area (Å²) in [5.74, 6) is -3.43. The number of rotatable bonds is 2. The summed E-state index contributed by atoms with van der Waals surface area (Å²) >= 11 is 0. The van der Waals surface area contributed by atoms with Gasteiger partial charge in [-0.3, -0.25) is 0 Å². The van der Waals surface area contributed by atoms with Gasteiger partial charge in [0, 0.05) is 25.2 Å². The van der Waals surface area contributed by atoms with Gasteiger partial charge in [-0.1, -0.05) is 30.3 Å². The topological polar surface area (TPSA) is 102 Å². The van der Waals surface area contributed by atoms with Gasteiger partial charge in [-0.15, -0.1) is 0 Å². The first-order valence-corrected chi connectivity index (χ1v) is 6.88. The van der Waals surface area contributed by atoms with Gasteiger partial charge in [0.15, 0.2) is 6.10 Å². The zero-order chi connectivity index (χ0) is 15.7. The van der Waals surface area contributed by atoms with Gasteiger partial charge in [0.25, 0.3) is 0 Å². The number of nitrogens with two attached hydrogens (primary N) is 1. The molecule has 2 heterocycles. The Kier molecular flexibility index (Phi) is 3.69. The van der Waals surface area contributed by atoms with Gasteiger partial charge in [-0.05, 0) is 5.56 Å². The van der Waals surface area contributed by atoms with Crippen molar-refractivity contribution in [3.05, 3.63) is 48.0 Å². The summed E-state index contributed by atoms with van der Waals surface area (Å²) in [5, 5.41) is 10.3. The van der Waals surface area contributed by atoms with Crippen molar-refractivity contribution in [3.63, 3.8) is 0 Å². The maximum absolute atomic E-state index is 11.7. The van der Waals surface area contributed by atoms with Crippen molar-refractivity contribution in [3.8, 4) is 0 Å². The maximum atomic E-state index is 11.7. The molecular formula is C15H16N2O5. The number of aliphatic hydroxyl groups is 1. The van der Waals surface area contributed by atoms with Gasteiger partial charge in [-0.25, -0.2) is 14.5 Å². The van der Waals surface area contributed by atoms with E-state index in [9.17, 15) is 14.7 Å². The molecule has 0 saturated carbocycles. The smallest absolute Gasteiger partial charge is 0.349 e. The monoisotopic (exact) mass is 304 g/mol. The van der Waals surface area contributed by atoms with E-state index in [0.717, 1.165) is 17.7 Å². The number of ether oxygens (including phenoxy) is 2. The molecule has 0 bridgehead atoms. The SMILES string of the molecule is NC1CN(Cc2ccccc2)C2(OC(=O)C=CC(=O)O2)C1O. The Balaban J connectivity index is 1.94. The Morgan fingerprint density at radius 2 is 1.77 bits per heavy atom. The van der Waals surface area contributed by atoms with E-state index in [0.29, 0.717) is 6.54 Å². The molecule has 3 rings (SSSR count). The fourth-order valence-electron chi connectivity index (χ4n) is 2.68. The van der Waals surface area contributed by atoms with Crippen molar-refractivity contribution < 1.29 is 24.2 Å². The Morgan fingerprint density at radius 3 is 2.36 bits per heavy atom. The number of esters is 2. The zero-order valence-electron chi connectivity index (χ0n) is 11.7. The predicted octanol–water partition coefficient (Wildman–Crippen LogP) is -0.500. The second-order valence-electron chi connectivity index (χ2n) is 5.28. The summed E-state index contributed by atoms with van der Waals surface area (Å²) in [4.78, 5) is 25.0. The van der Waals surface area contributed by atoms with Crippen molar-refractivity contribution in [1.82, 2.24) is 4.90 Å². The number of carbonyl (C=O) groups is 2. The Labute approximate surface area is 126 Å². The summed E-state index contributed by atoms with van der Waals surface area (Å²) < 4.78 is 10.4. The number of nitrogens with zero attached hydrogens (tertiary/aromatic N) is 1. The minimum absolute atomic E-state index is 0.219. The van der Waals surface area contributed by atoms with Crippen LogP contribution in [-0.4, -0.2) is 46.5 Å². The summed E-state index contributed by atoms with van der Waals surface area (Å²) in [6.45, 7) is 0.531. The lowest BCUT2D eigenvalue weighted by molar-refractivity contribution is -0.300. The summed E-state index contributed by atoms with van der Waals surface area (Å²) in [5.41, 5.74) is 6.78. The van der Waals surface area contributed by atoms with Gasteiger partial charge in [0.2, 0.25) is 0 Å². The zero-order valence-corrected chi connectivity index (χ0v) is 11.7. The molecule has 0 radical (unpaired) electrons. The van der Waals surface area contributed by atoms with E-state index in [2.05, 4.69) is 0 Å². The average Bonchev–Trinajstić information content (AvgIpc) is 2.64. The number of hydrogen-bond donors (Lipinski definition) is 2. The molecule has 7 nitrogen and oxygen atoms in total. The second kappa shape index (κ2) is 5.53. The van der Waals surface area contributed by atoms with E-state index in [4.69, 9.17) is 15.2 Å². The van der Waals surface area contributed by atoms with Gasteiger partial charge in [-0.2, -0.15) is 0 Å². The minimum atomic E-state index is -1.90. The third-order valence-electron chi connectivity index (χ3n) is 3.72. The number of aliphatic hydroxyl groups excluding tert-OH is 1.